The molecule has 1 unspecified atom stereocenters. The molecule has 0 saturated carbocycles. The molecule has 1 heterocycles. The molecule has 0 aromatic heterocycles. The van der Waals surface area contributed by atoms with Crippen LogP contribution in [-0.2, 0) is 0 Å². The van der Waals surface area contributed by atoms with Crippen LogP contribution in [0, 0.1) is 0 Å². The van der Waals surface area contributed by atoms with Crippen LogP contribution in [0.3, 0.4) is 0 Å². The summed E-state index contributed by atoms with van der Waals surface area (Å²) in [5, 5.41) is 9.40. The molecular weight excluding hydrogens is 244 g/mol. The minimum atomic E-state index is 0.181. The Morgan fingerprint density at radius 2 is 1.95 bits per heavy atom. The molecule has 1 saturated heterocycles. The lowest BCUT2D eigenvalue weighted by molar-refractivity contribution is 0.135. The molecule has 5 heteroatoms. The molecule has 1 fully saturated rings. The highest BCUT2D eigenvalue weighted by Gasteiger charge is 2.24. The fourth-order valence-electron chi connectivity index (χ4n) is 2.40. The quantitative estimate of drug-likeness (QED) is 0.874. The zero-order valence-electron chi connectivity index (χ0n) is 11.8. The fraction of sp³-hybridized carbons (Fsp3) is 0.571. The van der Waals surface area contributed by atoms with Gasteiger partial charge in [-0.05, 0) is 19.2 Å². The van der Waals surface area contributed by atoms with Crippen molar-refractivity contribution in [3.05, 3.63) is 18.2 Å². The van der Waals surface area contributed by atoms with Crippen molar-refractivity contribution in [2.24, 2.45) is 0 Å². The second-order valence-electron chi connectivity index (χ2n) is 4.80. The number of methoxy groups -OCH3 is 2. The van der Waals surface area contributed by atoms with Gasteiger partial charge in [0.1, 0.15) is 0 Å². The number of rotatable bonds is 4. The minimum Gasteiger partial charge on any atom is -0.493 e. The third-order valence-corrected chi connectivity index (χ3v) is 3.72. The highest BCUT2D eigenvalue weighted by atomic mass is 16.5. The summed E-state index contributed by atoms with van der Waals surface area (Å²) in [4.78, 5) is 4.46. The van der Waals surface area contributed by atoms with Gasteiger partial charge in [0.15, 0.2) is 11.5 Å². The first-order valence-corrected chi connectivity index (χ1v) is 6.47. The molecule has 0 bridgehead atoms. The first-order chi connectivity index (χ1) is 9.19. The molecule has 2 rings (SSSR count). The van der Waals surface area contributed by atoms with Crippen molar-refractivity contribution in [3.8, 4) is 11.5 Å². The molecule has 0 spiro atoms. The molecule has 106 valence electrons. The van der Waals surface area contributed by atoms with E-state index in [0.717, 1.165) is 36.8 Å². The normalized spacial score (nSPS) is 20.4. The van der Waals surface area contributed by atoms with E-state index >= 15 is 0 Å². The van der Waals surface area contributed by atoms with E-state index < -0.39 is 0 Å². The number of likely N-dealkylation sites (N-methyl/N-ethyl adjacent to an activating group) is 1. The van der Waals surface area contributed by atoms with Crippen molar-refractivity contribution < 1.29 is 14.6 Å². The van der Waals surface area contributed by atoms with Crippen LogP contribution >= 0.6 is 0 Å². The number of hydrogen-bond acceptors (Lipinski definition) is 5. The minimum absolute atomic E-state index is 0.181. The molecule has 0 aliphatic carbocycles. The number of hydrogen-bond donors (Lipinski definition) is 1. The smallest absolute Gasteiger partial charge is 0.162 e. The topological polar surface area (TPSA) is 45.2 Å². The molecule has 5 nitrogen and oxygen atoms in total. The number of ether oxygens (including phenoxy) is 2. The average Bonchev–Trinajstić information content (AvgIpc) is 2.47. The van der Waals surface area contributed by atoms with Gasteiger partial charge in [-0.3, -0.25) is 4.90 Å². The van der Waals surface area contributed by atoms with E-state index in [1.54, 1.807) is 14.2 Å². The summed E-state index contributed by atoms with van der Waals surface area (Å²) < 4.78 is 10.6. The monoisotopic (exact) mass is 266 g/mol. The summed E-state index contributed by atoms with van der Waals surface area (Å²) in [6.07, 6.45) is 0. The molecule has 1 aliphatic rings. The largest absolute Gasteiger partial charge is 0.493 e. The Balaban J connectivity index is 2.17. The molecule has 1 aromatic carbocycles. The summed E-state index contributed by atoms with van der Waals surface area (Å²) in [6.45, 7) is 2.89. The summed E-state index contributed by atoms with van der Waals surface area (Å²) in [5.74, 6) is 1.47. The zero-order valence-corrected chi connectivity index (χ0v) is 11.8. The van der Waals surface area contributed by atoms with Gasteiger partial charge in [0, 0.05) is 31.4 Å². The summed E-state index contributed by atoms with van der Waals surface area (Å²) in [5.41, 5.74) is 1.10. The zero-order chi connectivity index (χ0) is 13.8. The number of aliphatic hydroxyl groups is 1. The van der Waals surface area contributed by atoms with Crippen LogP contribution in [-0.4, -0.2) is 63.6 Å². The molecule has 1 N–H and O–H groups in total. The van der Waals surface area contributed by atoms with Crippen molar-refractivity contribution in [3.63, 3.8) is 0 Å². The standard InChI is InChI=1S/C14H22N2O3/c1-15-6-7-16(9-12(15)10-17)11-4-5-13(18-2)14(8-11)19-3/h4-5,8,12,17H,6-7,9-10H2,1-3H3. The third-order valence-electron chi connectivity index (χ3n) is 3.72. The lowest BCUT2D eigenvalue weighted by atomic mass is 10.1. The molecule has 1 aromatic rings. The number of anilines is 1. The van der Waals surface area contributed by atoms with E-state index in [2.05, 4.69) is 9.80 Å². The molecule has 1 atom stereocenters. The maximum Gasteiger partial charge on any atom is 0.162 e. The molecule has 0 radical (unpaired) electrons. The van der Waals surface area contributed by atoms with Crippen molar-refractivity contribution in [2.45, 2.75) is 6.04 Å². The maximum absolute atomic E-state index is 9.40. The SMILES string of the molecule is COc1ccc(N2CCN(C)C(CO)C2)cc1OC. The van der Waals surface area contributed by atoms with Crippen LogP contribution in [0.4, 0.5) is 5.69 Å². The van der Waals surface area contributed by atoms with Gasteiger partial charge in [0.2, 0.25) is 0 Å². The predicted molar refractivity (Wildman–Crippen MR) is 75.3 cm³/mol. The molecule has 19 heavy (non-hydrogen) atoms. The number of piperazine rings is 1. The van der Waals surface area contributed by atoms with Gasteiger partial charge in [0.05, 0.1) is 26.9 Å². The van der Waals surface area contributed by atoms with Crippen LogP contribution in [0.5, 0.6) is 11.5 Å². The van der Waals surface area contributed by atoms with Crippen LogP contribution in [0.25, 0.3) is 0 Å². The Morgan fingerprint density at radius 3 is 2.58 bits per heavy atom. The van der Waals surface area contributed by atoms with Gasteiger partial charge in [-0.25, -0.2) is 0 Å². The van der Waals surface area contributed by atoms with E-state index in [4.69, 9.17) is 9.47 Å². The van der Waals surface area contributed by atoms with Crippen molar-refractivity contribution >= 4 is 5.69 Å². The second-order valence-corrected chi connectivity index (χ2v) is 4.80. The molecule has 0 amide bonds. The summed E-state index contributed by atoms with van der Waals surface area (Å²) in [6, 6.07) is 6.11. The first-order valence-electron chi connectivity index (χ1n) is 6.47. The molecular formula is C14H22N2O3. The van der Waals surface area contributed by atoms with Crippen molar-refractivity contribution in [1.29, 1.82) is 0 Å². The van der Waals surface area contributed by atoms with Crippen LogP contribution in [0.2, 0.25) is 0 Å². The number of benzene rings is 1. The van der Waals surface area contributed by atoms with E-state index in [1.807, 2.05) is 25.2 Å². The van der Waals surface area contributed by atoms with E-state index in [0.29, 0.717) is 0 Å². The second kappa shape index (κ2) is 6.12. The number of aliphatic hydroxyl groups excluding tert-OH is 1. The van der Waals surface area contributed by atoms with E-state index in [1.165, 1.54) is 0 Å². The Morgan fingerprint density at radius 1 is 1.21 bits per heavy atom. The van der Waals surface area contributed by atoms with Crippen LogP contribution < -0.4 is 14.4 Å². The fourth-order valence-corrected chi connectivity index (χ4v) is 2.40. The highest BCUT2D eigenvalue weighted by molar-refractivity contribution is 5.56. The van der Waals surface area contributed by atoms with E-state index in [-0.39, 0.29) is 12.6 Å². The van der Waals surface area contributed by atoms with Gasteiger partial charge >= 0.3 is 0 Å². The Labute approximate surface area is 114 Å². The lowest BCUT2D eigenvalue weighted by Crippen LogP contribution is -2.53. The first kappa shape index (κ1) is 14.0. The number of nitrogens with zero attached hydrogens (tertiary/aromatic N) is 2. The van der Waals surface area contributed by atoms with Crippen LogP contribution in [0.15, 0.2) is 18.2 Å². The van der Waals surface area contributed by atoms with Crippen molar-refractivity contribution in [1.82, 2.24) is 4.90 Å². The molecule has 1 aliphatic heterocycles. The Kier molecular flexibility index (Phi) is 4.50. The predicted octanol–water partition coefficient (Wildman–Crippen LogP) is 0.816. The highest BCUT2D eigenvalue weighted by Crippen LogP contribution is 2.32. The maximum atomic E-state index is 9.40. The van der Waals surface area contributed by atoms with Gasteiger partial charge in [-0.15, -0.1) is 0 Å². The van der Waals surface area contributed by atoms with Crippen molar-refractivity contribution in [2.75, 3.05) is 52.4 Å². The summed E-state index contributed by atoms with van der Waals surface area (Å²) >= 11 is 0. The van der Waals surface area contributed by atoms with Gasteiger partial charge in [-0.2, -0.15) is 0 Å². The van der Waals surface area contributed by atoms with Gasteiger partial charge < -0.3 is 19.5 Å². The Hall–Kier alpha value is -1.46. The average molecular weight is 266 g/mol. The van der Waals surface area contributed by atoms with Gasteiger partial charge in [-0.1, -0.05) is 0 Å². The van der Waals surface area contributed by atoms with E-state index in [9.17, 15) is 5.11 Å². The lowest BCUT2D eigenvalue weighted by Gasteiger charge is -2.39. The van der Waals surface area contributed by atoms with Crippen LogP contribution in [0.1, 0.15) is 0 Å². The third kappa shape index (κ3) is 2.93. The Bertz CT molecular complexity index is 425. The summed E-state index contributed by atoms with van der Waals surface area (Å²) in [7, 11) is 5.32. The van der Waals surface area contributed by atoms with Gasteiger partial charge in [0.25, 0.3) is 0 Å².